The molecule has 16 heavy (non-hydrogen) atoms. The quantitative estimate of drug-likeness (QED) is 0.817. The Morgan fingerprint density at radius 3 is 2.69 bits per heavy atom. The van der Waals surface area contributed by atoms with Gasteiger partial charge in [-0.05, 0) is 18.6 Å². The van der Waals surface area contributed by atoms with Gasteiger partial charge in [-0.1, -0.05) is 15.9 Å². The van der Waals surface area contributed by atoms with Crippen LogP contribution in [0.3, 0.4) is 0 Å². The van der Waals surface area contributed by atoms with E-state index >= 15 is 0 Å². The van der Waals surface area contributed by atoms with Crippen LogP contribution in [0.5, 0.6) is 5.75 Å². The number of benzene rings is 1. The first-order valence-electron chi connectivity index (χ1n) is 4.85. The van der Waals surface area contributed by atoms with Crippen molar-refractivity contribution in [3.8, 4) is 5.75 Å². The van der Waals surface area contributed by atoms with Crippen LogP contribution >= 0.6 is 15.9 Å². The predicted molar refractivity (Wildman–Crippen MR) is 62.3 cm³/mol. The molecular formula is C11H14BrFO3. The smallest absolute Gasteiger partial charge is 0.127 e. The molecule has 0 aliphatic carbocycles. The highest BCUT2D eigenvalue weighted by molar-refractivity contribution is 9.09. The summed E-state index contributed by atoms with van der Waals surface area (Å²) >= 11 is 3.18. The Hall–Kier alpha value is -0.650. The number of halogens is 2. The fourth-order valence-electron chi connectivity index (χ4n) is 1.41. The molecule has 3 nitrogen and oxygen atoms in total. The van der Waals surface area contributed by atoms with Crippen molar-refractivity contribution in [3.63, 3.8) is 0 Å². The van der Waals surface area contributed by atoms with Crippen LogP contribution < -0.4 is 4.74 Å². The topological polar surface area (TPSA) is 49.7 Å². The zero-order valence-corrected chi connectivity index (χ0v) is 10.4. The van der Waals surface area contributed by atoms with Crippen LogP contribution in [-0.2, 0) is 0 Å². The second-order valence-corrected chi connectivity index (χ2v) is 4.17. The molecule has 0 fully saturated rings. The van der Waals surface area contributed by atoms with Crippen molar-refractivity contribution in [3.05, 3.63) is 29.6 Å². The molecule has 0 saturated carbocycles. The number of aliphatic hydroxyl groups excluding tert-OH is 2. The van der Waals surface area contributed by atoms with E-state index in [1.54, 1.807) is 0 Å². The van der Waals surface area contributed by atoms with Crippen molar-refractivity contribution in [1.29, 1.82) is 0 Å². The van der Waals surface area contributed by atoms with Crippen molar-refractivity contribution < 1.29 is 19.3 Å². The van der Waals surface area contributed by atoms with E-state index in [4.69, 9.17) is 4.74 Å². The van der Waals surface area contributed by atoms with Gasteiger partial charge in [0, 0.05) is 17.0 Å². The average molecular weight is 293 g/mol. The first-order valence-corrected chi connectivity index (χ1v) is 5.97. The lowest BCUT2D eigenvalue weighted by atomic mass is 10.0. The molecule has 2 N–H and O–H groups in total. The SMILES string of the molecule is COc1cc(F)ccc1C(O)C(O)CCBr. The summed E-state index contributed by atoms with van der Waals surface area (Å²) in [7, 11) is 1.39. The second kappa shape index (κ2) is 6.18. The molecule has 2 atom stereocenters. The zero-order chi connectivity index (χ0) is 12.1. The van der Waals surface area contributed by atoms with Crippen molar-refractivity contribution in [2.75, 3.05) is 12.4 Å². The summed E-state index contributed by atoms with van der Waals surface area (Å²) in [6.07, 6.45) is -1.58. The van der Waals surface area contributed by atoms with Crippen LogP contribution in [0, 0.1) is 5.82 Å². The van der Waals surface area contributed by atoms with Gasteiger partial charge in [0.25, 0.3) is 0 Å². The van der Waals surface area contributed by atoms with E-state index in [1.165, 1.54) is 25.3 Å². The third-order valence-electron chi connectivity index (χ3n) is 2.28. The molecule has 1 rings (SSSR count). The fraction of sp³-hybridized carbons (Fsp3) is 0.455. The highest BCUT2D eigenvalue weighted by atomic mass is 79.9. The molecule has 0 aliphatic heterocycles. The van der Waals surface area contributed by atoms with Gasteiger partial charge in [-0.15, -0.1) is 0 Å². The van der Waals surface area contributed by atoms with Crippen molar-refractivity contribution in [2.24, 2.45) is 0 Å². The van der Waals surface area contributed by atoms with E-state index in [1.807, 2.05) is 0 Å². The number of hydrogen-bond acceptors (Lipinski definition) is 3. The lowest BCUT2D eigenvalue weighted by Crippen LogP contribution is -2.19. The number of aliphatic hydroxyl groups is 2. The molecule has 0 aliphatic rings. The average Bonchev–Trinajstić information content (AvgIpc) is 2.28. The molecule has 0 heterocycles. The van der Waals surface area contributed by atoms with Crippen LogP contribution in [0.15, 0.2) is 18.2 Å². The highest BCUT2D eigenvalue weighted by Gasteiger charge is 2.21. The summed E-state index contributed by atoms with van der Waals surface area (Å²) in [6.45, 7) is 0. The summed E-state index contributed by atoms with van der Waals surface area (Å²) in [5.41, 5.74) is 0.386. The van der Waals surface area contributed by atoms with Crippen LogP contribution in [-0.4, -0.2) is 28.8 Å². The summed E-state index contributed by atoms with van der Waals surface area (Å²) in [5, 5.41) is 20.1. The molecule has 1 aromatic rings. The van der Waals surface area contributed by atoms with Gasteiger partial charge in [-0.25, -0.2) is 4.39 Å². The Morgan fingerprint density at radius 2 is 2.12 bits per heavy atom. The first-order chi connectivity index (χ1) is 7.60. The van der Waals surface area contributed by atoms with Gasteiger partial charge in [0.2, 0.25) is 0 Å². The maximum absolute atomic E-state index is 12.9. The minimum absolute atomic E-state index is 0.237. The van der Waals surface area contributed by atoms with E-state index in [-0.39, 0.29) is 5.75 Å². The minimum Gasteiger partial charge on any atom is -0.496 e. The molecule has 2 unspecified atom stereocenters. The van der Waals surface area contributed by atoms with Gasteiger partial charge < -0.3 is 14.9 Å². The Balaban J connectivity index is 2.93. The molecule has 1 aromatic carbocycles. The van der Waals surface area contributed by atoms with Gasteiger partial charge in [0.05, 0.1) is 13.2 Å². The lowest BCUT2D eigenvalue weighted by molar-refractivity contribution is 0.0159. The fourth-order valence-corrected chi connectivity index (χ4v) is 1.88. The van der Waals surface area contributed by atoms with Crippen LogP contribution in [0.2, 0.25) is 0 Å². The number of rotatable bonds is 5. The van der Waals surface area contributed by atoms with E-state index in [2.05, 4.69) is 15.9 Å². The van der Waals surface area contributed by atoms with E-state index in [0.717, 1.165) is 0 Å². The molecular weight excluding hydrogens is 279 g/mol. The van der Waals surface area contributed by atoms with Crippen molar-refractivity contribution in [1.82, 2.24) is 0 Å². The second-order valence-electron chi connectivity index (χ2n) is 3.38. The Morgan fingerprint density at radius 1 is 1.44 bits per heavy atom. The van der Waals surface area contributed by atoms with Gasteiger partial charge in [-0.2, -0.15) is 0 Å². The first kappa shape index (κ1) is 13.4. The third-order valence-corrected chi connectivity index (χ3v) is 2.74. The van der Waals surface area contributed by atoms with Crippen molar-refractivity contribution >= 4 is 15.9 Å². The summed E-state index contributed by atoms with van der Waals surface area (Å²) in [4.78, 5) is 0. The molecule has 90 valence electrons. The molecule has 5 heteroatoms. The zero-order valence-electron chi connectivity index (χ0n) is 8.86. The Kier molecular flexibility index (Phi) is 5.18. The van der Waals surface area contributed by atoms with Crippen LogP contribution in [0.1, 0.15) is 18.1 Å². The maximum Gasteiger partial charge on any atom is 0.127 e. The minimum atomic E-state index is -1.08. The molecule has 0 spiro atoms. The van der Waals surface area contributed by atoms with Gasteiger partial charge in [0.15, 0.2) is 0 Å². The van der Waals surface area contributed by atoms with Gasteiger partial charge in [0.1, 0.15) is 17.7 Å². The molecule has 0 bridgehead atoms. The summed E-state index contributed by atoms with van der Waals surface area (Å²) < 4.78 is 17.9. The third kappa shape index (κ3) is 3.17. The molecule has 0 amide bonds. The molecule has 0 radical (unpaired) electrons. The number of ether oxygens (including phenoxy) is 1. The largest absolute Gasteiger partial charge is 0.496 e. The number of alkyl halides is 1. The standard InChI is InChI=1S/C11H14BrFO3/c1-16-10-6-7(13)2-3-8(10)11(15)9(14)4-5-12/h2-3,6,9,11,14-15H,4-5H2,1H3. The number of hydrogen-bond donors (Lipinski definition) is 2. The highest BCUT2D eigenvalue weighted by Crippen LogP contribution is 2.29. The predicted octanol–water partition coefficient (Wildman–Crippen LogP) is 2.01. The summed E-state index contributed by atoms with van der Waals surface area (Å²) in [5.74, 6) is -0.205. The molecule has 0 saturated heterocycles. The Bertz CT molecular complexity index is 346. The van der Waals surface area contributed by atoms with Crippen LogP contribution in [0.4, 0.5) is 4.39 Å². The van der Waals surface area contributed by atoms with Crippen molar-refractivity contribution in [2.45, 2.75) is 18.6 Å². The monoisotopic (exact) mass is 292 g/mol. The normalized spacial score (nSPS) is 14.6. The maximum atomic E-state index is 12.9. The van der Waals surface area contributed by atoms with E-state index < -0.39 is 18.0 Å². The van der Waals surface area contributed by atoms with E-state index in [0.29, 0.717) is 17.3 Å². The van der Waals surface area contributed by atoms with E-state index in [9.17, 15) is 14.6 Å². The number of methoxy groups -OCH3 is 1. The van der Waals surface area contributed by atoms with Gasteiger partial charge >= 0.3 is 0 Å². The summed E-state index contributed by atoms with van der Waals surface area (Å²) in [6, 6.07) is 3.82. The van der Waals surface area contributed by atoms with Gasteiger partial charge in [-0.3, -0.25) is 0 Å². The van der Waals surface area contributed by atoms with Crippen LogP contribution in [0.25, 0.3) is 0 Å². The Labute approximate surface area is 102 Å². The lowest BCUT2D eigenvalue weighted by Gasteiger charge is -2.19. The molecule has 0 aromatic heterocycles.